The lowest BCUT2D eigenvalue weighted by Gasteiger charge is -2.16. The largest absolute Gasteiger partial charge is 0.423 e. The second-order valence-corrected chi connectivity index (χ2v) is 9.00. The lowest BCUT2D eigenvalue weighted by atomic mass is 10.1. The van der Waals surface area contributed by atoms with Crippen LogP contribution in [0.3, 0.4) is 0 Å². The molecule has 4 rings (SSSR count). The molecule has 3 aromatic rings. The Hall–Kier alpha value is -4.03. The summed E-state index contributed by atoms with van der Waals surface area (Å²) in [5.41, 5.74) is -0.340. The number of thioether (sulfide) groups is 1. The second kappa shape index (κ2) is 9.91. The molecule has 0 saturated carbocycles. The average Bonchev–Trinajstić information content (AvgIpc) is 3.12. The SMILES string of the molecule is O=C(Oc1ccc(/C=C2/SC(=S)N(c3cccc(C(F)(F)F)c3)C2=O)cc1)c1ccc([N+](=O)[O-])cc1. The highest BCUT2D eigenvalue weighted by Gasteiger charge is 2.36. The first-order chi connectivity index (χ1) is 17.0. The molecule has 7 nitrogen and oxygen atoms in total. The first-order valence-corrected chi connectivity index (χ1v) is 11.3. The van der Waals surface area contributed by atoms with Crippen LogP contribution in [0.2, 0.25) is 0 Å². The monoisotopic (exact) mass is 530 g/mol. The van der Waals surface area contributed by atoms with Crippen LogP contribution in [0.4, 0.5) is 24.5 Å². The van der Waals surface area contributed by atoms with Gasteiger partial charge in [-0.3, -0.25) is 19.8 Å². The number of anilines is 1. The minimum atomic E-state index is -4.56. The smallest absolute Gasteiger partial charge is 0.416 e. The molecule has 1 amide bonds. The van der Waals surface area contributed by atoms with Gasteiger partial charge in [-0.05, 0) is 54.1 Å². The van der Waals surface area contributed by atoms with Crippen molar-refractivity contribution in [3.05, 3.63) is 105 Å². The van der Waals surface area contributed by atoms with E-state index < -0.39 is 28.5 Å². The van der Waals surface area contributed by atoms with Crippen molar-refractivity contribution in [3.8, 4) is 5.75 Å². The van der Waals surface area contributed by atoms with E-state index in [1.54, 1.807) is 12.1 Å². The number of carbonyl (C=O) groups excluding carboxylic acids is 2. The molecule has 0 radical (unpaired) electrons. The van der Waals surface area contributed by atoms with Gasteiger partial charge in [0, 0.05) is 12.1 Å². The zero-order valence-corrected chi connectivity index (χ0v) is 19.5. The van der Waals surface area contributed by atoms with E-state index in [2.05, 4.69) is 0 Å². The van der Waals surface area contributed by atoms with Crippen molar-refractivity contribution in [1.82, 2.24) is 0 Å². The topological polar surface area (TPSA) is 89.8 Å². The number of amides is 1. The summed E-state index contributed by atoms with van der Waals surface area (Å²) in [5.74, 6) is -1.07. The summed E-state index contributed by atoms with van der Waals surface area (Å²) in [7, 11) is 0. The minimum absolute atomic E-state index is 0.0178. The average molecular weight is 531 g/mol. The number of ether oxygens (including phenoxy) is 1. The molecule has 0 atom stereocenters. The zero-order valence-electron chi connectivity index (χ0n) is 17.9. The maximum absolute atomic E-state index is 13.1. The van der Waals surface area contributed by atoms with Gasteiger partial charge >= 0.3 is 12.1 Å². The number of esters is 1. The van der Waals surface area contributed by atoms with Crippen molar-refractivity contribution in [3.63, 3.8) is 0 Å². The van der Waals surface area contributed by atoms with E-state index in [-0.39, 0.29) is 31.9 Å². The molecule has 0 aromatic heterocycles. The van der Waals surface area contributed by atoms with Crippen LogP contribution in [0.1, 0.15) is 21.5 Å². The summed E-state index contributed by atoms with van der Waals surface area (Å²) in [6.07, 6.45) is -3.04. The van der Waals surface area contributed by atoms with E-state index in [1.807, 2.05) is 0 Å². The summed E-state index contributed by atoms with van der Waals surface area (Å²) in [5, 5.41) is 10.7. The molecule has 1 heterocycles. The maximum atomic E-state index is 13.1. The van der Waals surface area contributed by atoms with Crippen LogP contribution in [-0.4, -0.2) is 21.1 Å². The Kier molecular flexibility index (Phi) is 6.91. The number of hydrogen-bond donors (Lipinski definition) is 0. The molecule has 0 bridgehead atoms. The van der Waals surface area contributed by atoms with Crippen LogP contribution in [-0.2, 0) is 11.0 Å². The number of halogens is 3. The van der Waals surface area contributed by atoms with Crippen molar-refractivity contribution in [1.29, 1.82) is 0 Å². The van der Waals surface area contributed by atoms with Gasteiger partial charge in [-0.15, -0.1) is 0 Å². The van der Waals surface area contributed by atoms with E-state index in [0.717, 1.165) is 28.8 Å². The third-order valence-electron chi connectivity index (χ3n) is 4.93. The van der Waals surface area contributed by atoms with Gasteiger partial charge in [0.2, 0.25) is 0 Å². The van der Waals surface area contributed by atoms with Gasteiger partial charge in [-0.1, -0.05) is 42.2 Å². The molecule has 0 spiro atoms. The molecule has 0 N–H and O–H groups in total. The summed E-state index contributed by atoms with van der Waals surface area (Å²) in [6.45, 7) is 0. The number of benzene rings is 3. The fourth-order valence-corrected chi connectivity index (χ4v) is 4.48. The van der Waals surface area contributed by atoms with Crippen LogP contribution >= 0.6 is 24.0 Å². The van der Waals surface area contributed by atoms with E-state index >= 15 is 0 Å². The fraction of sp³-hybridized carbons (Fsp3) is 0.0417. The first-order valence-electron chi connectivity index (χ1n) is 10.0. The van der Waals surface area contributed by atoms with Crippen LogP contribution < -0.4 is 9.64 Å². The Bertz CT molecular complexity index is 1400. The van der Waals surface area contributed by atoms with E-state index in [0.29, 0.717) is 5.56 Å². The summed E-state index contributed by atoms with van der Waals surface area (Å²) in [4.78, 5) is 36.5. The van der Waals surface area contributed by atoms with Crippen molar-refractivity contribution in [2.45, 2.75) is 6.18 Å². The molecule has 1 saturated heterocycles. The Morgan fingerprint density at radius 2 is 1.72 bits per heavy atom. The second-order valence-electron chi connectivity index (χ2n) is 7.33. The molecule has 182 valence electrons. The molecule has 1 aliphatic rings. The normalized spacial score (nSPS) is 14.9. The molecule has 36 heavy (non-hydrogen) atoms. The van der Waals surface area contributed by atoms with Gasteiger partial charge in [0.1, 0.15) is 5.75 Å². The number of rotatable bonds is 5. The van der Waals surface area contributed by atoms with E-state index in [9.17, 15) is 32.9 Å². The van der Waals surface area contributed by atoms with Crippen LogP contribution in [0.5, 0.6) is 5.75 Å². The standard InChI is InChI=1S/C24H13F3N2O5S2/c25-24(26,27)16-2-1-3-18(13-16)28-21(30)20(36-23(28)35)12-14-4-10-19(11-5-14)34-22(31)15-6-8-17(9-7-15)29(32)33/h1-13H/b20-12+. The molecule has 3 aromatic carbocycles. The number of non-ortho nitro benzene ring substituents is 1. The van der Waals surface area contributed by atoms with Crippen molar-refractivity contribution in [2.75, 3.05) is 4.90 Å². The number of carbonyl (C=O) groups is 2. The van der Waals surface area contributed by atoms with Gasteiger partial charge < -0.3 is 4.74 Å². The number of alkyl halides is 3. The highest BCUT2D eigenvalue weighted by atomic mass is 32.2. The van der Waals surface area contributed by atoms with Gasteiger partial charge in [0.15, 0.2) is 4.32 Å². The number of nitro groups is 1. The quantitative estimate of drug-likeness (QED) is 0.0964. The summed E-state index contributed by atoms with van der Waals surface area (Å²) in [6, 6.07) is 15.4. The fourth-order valence-electron chi connectivity index (χ4n) is 3.18. The van der Waals surface area contributed by atoms with Gasteiger partial charge in [-0.25, -0.2) is 4.79 Å². The number of hydrogen-bond acceptors (Lipinski definition) is 7. The number of nitrogens with zero attached hydrogens (tertiary/aromatic N) is 2. The van der Waals surface area contributed by atoms with Gasteiger partial charge in [0.25, 0.3) is 11.6 Å². The van der Waals surface area contributed by atoms with Crippen molar-refractivity contribution >= 4 is 57.6 Å². The lowest BCUT2D eigenvalue weighted by Crippen LogP contribution is -2.27. The third kappa shape index (κ3) is 5.44. The Morgan fingerprint density at radius 3 is 2.33 bits per heavy atom. The lowest BCUT2D eigenvalue weighted by molar-refractivity contribution is -0.384. The molecule has 1 fully saturated rings. The van der Waals surface area contributed by atoms with Crippen molar-refractivity contribution < 1.29 is 32.4 Å². The molecular formula is C24H13F3N2O5S2. The predicted molar refractivity (Wildman–Crippen MR) is 132 cm³/mol. The third-order valence-corrected chi connectivity index (χ3v) is 6.23. The highest BCUT2D eigenvalue weighted by Crippen LogP contribution is 2.38. The maximum Gasteiger partial charge on any atom is 0.416 e. The Morgan fingerprint density at radius 1 is 1.06 bits per heavy atom. The number of thiocarbonyl (C=S) groups is 1. The minimum Gasteiger partial charge on any atom is -0.423 e. The summed E-state index contributed by atoms with van der Waals surface area (Å²) < 4.78 is 44.5. The molecule has 1 aliphatic heterocycles. The predicted octanol–water partition coefficient (Wildman–Crippen LogP) is 6.24. The highest BCUT2D eigenvalue weighted by molar-refractivity contribution is 8.27. The number of nitro benzene ring substituents is 1. The van der Waals surface area contributed by atoms with E-state index in [4.69, 9.17) is 17.0 Å². The van der Waals surface area contributed by atoms with Gasteiger partial charge in [-0.2, -0.15) is 13.2 Å². The van der Waals surface area contributed by atoms with E-state index in [1.165, 1.54) is 54.6 Å². The Balaban J connectivity index is 1.47. The first kappa shape index (κ1) is 25.1. The van der Waals surface area contributed by atoms with Crippen LogP contribution in [0.25, 0.3) is 6.08 Å². The Labute approximate surface area is 211 Å². The van der Waals surface area contributed by atoms with Crippen LogP contribution in [0.15, 0.2) is 77.7 Å². The molecule has 0 unspecified atom stereocenters. The zero-order chi connectivity index (χ0) is 26.0. The van der Waals surface area contributed by atoms with Crippen molar-refractivity contribution in [2.24, 2.45) is 0 Å². The summed E-state index contributed by atoms with van der Waals surface area (Å²) >= 11 is 6.17. The van der Waals surface area contributed by atoms with Gasteiger partial charge in [0.05, 0.1) is 26.6 Å². The van der Waals surface area contributed by atoms with Crippen LogP contribution in [0, 0.1) is 10.1 Å². The molecular weight excluding hydrogens is 517 g/mol. The molecule has 12 heteroatoms. The molecule has 0 aliphatic carbocycles.